The Bertz CT molecular complexity index is 874. The molecule has 29 heavy (non-hydrogen) atoms. The Labute approximate surface area is 174 Å². The Hall–Kier alpha value is -1.69. The first-order chi connectivity index (χ1) is 13.9. The van der Waals surface area contributed by atoms with Crippen LogP contribution in [0, 0.1) is 5.41 Å². The van der Waals surface area contributed by atoms with Crippen molar-refractivity contribution in [2.24, 2.45) is 5.41 Å². The van der Waals surface area contributed by atoms with Gasteiger partial charge in [0.25, 0.3) is 10.1 Å². The largest absolute Gasteiger partial charge is 0.348 e. The third kappa shape index (κ3) is 3.43. The number of ether oxygens (including phenoxy) is 1. The lowest BCUT2D eigenvalue weighted by Gasteiger charge is -2.44. The molecule has 1 saturated carbocycles. The molecule has 3 unspecified atom stereocenters. The highest BCUT2D eigenvalue weighted by Gasteiger charge is 2.66. The first-order valence-electron chi connectivity index (χ1n) is 10.6. The van der Waals surface area contributed by atoms with Crippen molar-refractivity contribution in [1.82, 2.24) is 0 Å². The van der Waals surface area contributed by atoms with Crippen LogP contribution in [0.3, 0.4) is 0 Å². The van der Waals surface area contributed by atoms with Crippen molar-refractivity contribution >= 4 is 10.1 Å². The molecule has 1 aliphatic heterocycles. The minimum atomic E-state index is -3.72. The van der Waals surface area contributed by atoms with Gasteiger partial charge in [-0.1, -0.05) is 67.6 Å². The van der Waals surface area contributed by atoms with Gasteiger partial charge in [0.1, 0.15) is 0 Å². The molecule has 0 bridgehead atoms. The van der Waals surface area contributed by atoms with Gasteiger partial charge in [-0.15, -0.1) is 0 Å². The lowest BCUT2D eigenvalue weighted by Crippen LogP contribution is -2.49. The van der Waals surface area contributed by atoms with E-state index in [1.54, 1.807) is 6.92 Å². The Balaban J connectivity index is 1.84. The van der Waals surface area contributed by atoms with E-state index in [2.05, 4.69) is 24.3 Å². The lowest BCUT2D eigenvalue weighted by atomic mass is 9.64. The standard InChI is InChI=1S/C24H30O4S/c1-3-19(2)29(25,26)28-24-16-10-15-23(24,17-18-27-24)22(20-11-6-4-7-12-20)21-13-8-5-9-14-21/h4-9,11-14,19,22H,3,10,15-18H2,1-2H3. The van der Waals surface area contributed by atoms with E-state index in [4.69, 9.17) is 8.92 Å². The quantitative estimate of drug-likeness (QED) is 0.581. The van der Waals surface area contributed by atoms with E-state index in [0.717, 1.165) is 19.3 Å². The van der Waals surface area contributed by atoms with Crippen LogP contribution in [0.1, 0.15) is 63.0 Å². The molecule has 1 heterocycles. The molecule has 2 aliphatic rings. The zero-order valence-corrected chi connectivity index (χ0v) is 18.0. The van der Waals surface area contributed by atoms with E-state index in [1.165, 1.54) is 11.1 Å². The van der Waals surface area contributed by atoms with Crippen molar-refractivity contribution in [3.8, 4) is 0 Å². The number of benzene rings is 2. The Morgan fingerprint density at radius 2 is 1.55 bits per heavy atom. The highest BCUT2D eigenvalue weighted by Crippen LogP contribution is 2.64. The summed E-state index contributed by atoms with van der Waals surface area (Å²) >= 11 is 0. The summed E-state index contributed by atoms with van der Waals surface area (Å²) in [5.74, 6) is -1.08. The molecule has 156 valence electrons. The molecule has 2 aromatic rings. The van der Waals surface area contributed by atoms with Gasteiger partial charge in [0.2, 0.25) is 0 Å². The maximum absolute atomic E-state index is 13.0. The normalized spacial score (nSPS) is 27.8. The SMILES string of the molecule is CCC(C)S(=O)(=O)OC12CCCC1(C(c1ccccc1)c1ccccc1)CCO2. The second-order valence-electron chi connectivity index (χ2n) is 8.41. The van der Waals surface area contributed by atoms with E-state index in [1.807, 2.05) is 43.3 Å². The van der Waals surface area contributed by atoms with Crippen LogP contribution in [0.25, 0.3) is 0 Å². The zero-order valence-electron chi connectivity index (χ0n) is 17.2. The summed E-state index contributed by atoms with van der Waals surface area (Å²) in [7, 11) is -3.72. The van der Waals surface area contributed by atoms with E-state index >= 15 is 0 Å². The third-order valence-corrected chi connectivity index (χ3v) is 8.73. The van der Waals surface area contributed by atoms with Crippen LogP contribution in [0.15, 0.2) is 60.7 Å². The summed E-state index contributed by atoms with van der Waals surface area (Å²) in [5, 5.41) is -0.550. The molecule has 4 nitrogen and oxygen atoms in total. The molecule has 5 heteroatoms. The zero-order chi connectivity index (χ0) is 20.5. The molecule has 2 fully saturated rings. The molecule has 4 rings (SSSR count). The van der Waals surface area contributed by atoms with Gasteiger partial charge >= 0.3 is 0 Å². The van der Waals surface area contributed by atoms with Crippen LogP contribution < -0.4 is 0 Å². The summed E-state index contributed by atoms with van der Waals surface area (Å²) in [6, 6.07) is 20.8. The average molecular weight is 415 g/mol. The smallest absolute Gasteiger partial charge is 0.272 e. The van der Waals surface area contributed by atoms with Gasteiger partial charge in [0.15, 0.2) is 5.79 Å². The fraction of sp³-hybridized carbons (Fsp3) is 0.500. The summed E-state index contributed by atoms with van der Waals surface area (Å²) in [6.07, 6.45) is 3.70. The van der Waals surface area contributed by atoms with E-state index in [9.17, 15) is 8.42 Å². The second-order valence-corrected chi connectivity index (χ2v) is 10.4. The fourth-order valence-corrected chi connectivity index (χ4v) is 6.50. The first-order valence-corrected chi connectivity index (χ1v) is 12.1. The minimum absolute atomic E-state index is 0.0158. The summed E-state index contributed by atoms with van der Waals surface area (Å²) in [4.78, 5) is 0. The van der Waals surface area contributed by atoms with Gasteiger partial charge in [-0.05, 0) is 43.7 Å². The predicted octanol–water partition coefficient (Wildman–Crippen LogP) is 5.25. The number of rotatable bonds is 7. The minimum Gasteiger partial charge on any atom is -0.348 e. The lowest BCUT2D eigenvalue weighted by molar-refractivity contribution is -0.192. The number of hydrogen-bond acceptors (Lipinski definition) is 4. The van der Waals surface area contributed by atoms with Crippen molar-refractivity contribution in [2.75, 3.05) is 6.61 Å². The van der Waals surface area contributed by atoms with E-state index in [-0.39, 0.29) is 5.92 Å². The molecule has 2 aromatic carbocycles. The van der Waals surface area contributed by atoms with Gasteiger partial charge in [-0.25, -0.2) is 4.18 Å². The van der Waals surface area contributed by atoms with Gasteiger partial charge in [-0.3, -0.25) is 0 Å². The molecule has 0 N–H and O–H groups in total. The molecular formula is C24H30O4S. The maximum Gasteiger partial charge on any atom is 0.272 e. The second kappa shape index (κ2) is 7.86. The Morgan fingerprint density at radius 3 is 2.10 bits per heavy atom. The predicted molar refractivity (Wildman–Crippen MR) is 114 cm³/mol. The van der Waals surface area contributed by atoms with Crippen LogP contribution in [0.2, 0.25) is 0 Å². The topological polar surface area (TPSA) is 52.6 Å². The molecule has 0 spiro atoms. The molecule has 1 aliphatic carbocycles. The third-order valence-electron chi connectivity index (χ3n) is 6.91. The molecule has 0 aromatic heterocycles. The van der Waals surface area contributed by atoms with Crippen molar-refractivity contribution in [2.45, 2.75) is 62.9 Å². The van der Waals surface area contributed by atoms with Gasteiger partial charge in [0, 0.05) is 17.8 Å². The van der Waals surface area contributed by atoms with Crippen LogP contribution >= 0.6 is 0 Å². The van der Waals surface area contributed by atoms with Gasteiger partial charge in [-0.2, -0.15) is 8.42 Å². The number of hydrogen-bond donors (Lipinski definition) is 0. The van der Waals surface area contributed by atoms with Crippen LogP contribution in [0.4, 0.5) is 0 Å². The first kappa shape index (κ1) is 20.6. The van der Waals surface area contributed by atoms with Crippen molar-refractivity contribution in [1.29, 1.82) is 0 Å². The average Bonchev–Trinajstić information content (AvgIpc) is 3.23. The monoisotopic (exact) mass is 414 g/mol. The van der Waals surface area contributed by atoms with Crippen molar-refractivity contribution in [3.05, 3.63) is 71.8 Å². The van der Waals surface area contributed by atoms with Crippen molar-refractivity contribution < 1.29 is 17.3 Å². The van der Waals surface area contributed by atoms with Gasteiger partial charge < -0.3 is 4.74 Å². The molecule has 1 saturated heterocycles. The Kier molecular flexibility index (Phi) is 5.58. The Morgan fingerprint density at radius 1 is 0.966 bits per heavy atom. The molecule has 0 radical (unpaired) electrons. The van der Waals surface area contributed by atoms with Gasteiger partial charge in [0.05, 0.1) is 11.9 Å². The molecule has 3 atom stereocenters. The number of fused-ring (bicyclic) bond motifs is 1. The molecular weight excluding hydrogens is 384 g/mol. The fourth-order valence-electron chi connectivity index (χ4n) is 5.26. The van der Waals surface area contributed by atoms with E-state index in [0.29, 0.717) is 19.4 Å². The summed E-state index contributed by atoms with van der Waals surface area (Å²) < 4.78 is 38.2. The summed E-state index contributed by atoms with van der Waals surface area (Å²) in [5.41, 5.74) is 1.95. The molecule has 0 amide bonds. The van der Waals surface area contributed by atoms with Crippen LogP contribution in [0.5, 0.6) is 0 Å². The summed E-state index contributed by atoms with van der Waals surface area (Å²) in [6.45, 7) is 4.10. The van der Waals surface area contributed by atoms with Crippen molar-refractivity contribution in [3.63, 3.8) is 0 Å². The highest BCUT2D eigenvalue weighted by atomic mass is 32.2. The maximum atomic E-state index is 13.0. The van der Waals surface area contributed by atoms with E-state index < -0.39 is 26.6 Å². The van der Waals surface area contributed by atoms with Crippen LogP contribution in [-0.4, -0.2) is 26.1 Å². The highest BCUT2D eigenvalue weighted by molar-refractivity contribution is 7.87. The van der Waals surface area contributed by atoms with Crippen LogP contribution in [-0.2, 0) is 19.0 Å².